The lowest BCUT2D eigenvalue weighted by molar-refractivity contribution is -0.385. The van der Waals surface area contributed by atoms with Crippen LogP contribution in [0.5, 0.6) is 5.75 Å². The minimum Gasteiger partial charge on any atom is -0.371 e. The Morgan fingerprint density at radius 1 is 1.30 bits per heavy atom. The molecule has 1 aromatic carbocycles. The molecule has 9 heteroatoms. The maximum Gasteiger partial charge on any atom is 0.349 e. The van der Waals surface area contributed by atoms with E-state index in [1.165, 1.54) is 30.3 Å². The van der Waals surface area contributed by atoms with Crippen molar-refractivity contribution < 1.29 is 17.5 Å². The molecule has 0 spiro atoms. The van der Waals surface area contributed by atoms with Crippen LogP contribution in [0, 0.1) is 17.0 Å². The van der Waals surface area contributed by atoms with E-state index in [1.807, 2.05) is 0 Å². The number of nitro groups is 1. The van der Waals surface area contributed by atoms with Gasteiger partial charge in [0.15, 0.2) is 4.21 Å². The first kappa shape index (κ1) is 14.8. The summed E-state index contributed by atoms with van der Waals surface area (Å²) in [4.78, 5) is 10.2. The fourth-order valence-electron chi connectivity index (χ4n) is 1.43. The van der Waals surface area contributed by atoms with E-state index >= 15 is 0 Å². The Kier molecular flexibility index (Phi) is 3.98. The maximum absolute atomic E-state index is 12.0. The lowest BCUT2D eigenvalue weighted by Crippen LogP contribution is -2.09. The standard InChI is InChI=1S/C11H8ClNO5S2/c1-7-2-3-9(8(6-7)13(14)15)18-20(16,17)11-5-4-10(12)19-11/h2-6H,1H3. The molecule has 0 amide bonds. The van der Waals surface area contributed by atoms with Crippen LogP contribution in [0.2, 0.25) is 4.34 Å². The summed E-state index contributed by atoms with van der Waals surface area (Å²) in [5.41, 5.74) is 0.219. The summed E-state index contributed by atoms with van der Waals surface area (Å²) in [5, 5.41) is 10.9. The van der Waals surface area contributed by atoms with Crippen molar-refractivity contribution in [3.8, 4) is 5.75 Å². The van der Waals surface area contributed by atoms with Gasteiger partial charge in [0.05, 0.1) is 9.26 Å². The highest BCUT2D eigenvalue weighted by molar-refractivity contribution is 7.89. The van der Waals surface area contributed by atoms with Gasteiger partial charge in [-0.15, -0.1) is 11.3 Å². The Balaban J connectivity index is 2.42. The number of aryl methyl sites for hydroxylation is 1. The molecule has 0 N–H and O–H groups in total. The Morgan fingerprint density at radius 2 is 2.00 bits per heavy atom. The molecule has 0 saturated carbocycles. The number of thiophene rings is 1. The normalized spacial score (nSPS) is 11.3. The van der Waals surface area contributed by atoms with Crippen LogP contribution in [0.25, 0.3) is 0 Å². The zero-order valence-corrected chi connectivity index (χ0v) is 12.5. The molecule has 1 heterocycles. The zero-order chi connectivity index (χ0) is 14.9. The number of nitrogens with zero attached hydrogens (tertiary/aromatic N) is 1. The minimum absolute atomic E-state index is 0.114. The second-order valence-electron chi connectivity index (χ2n) is 3.82. The van der Waals surface area contributed by atoms with Crippen molar-refractivity contribution >= 4 is 38.7 Å². The van der Waals surface area contributed by atoms with Gasteiger partial charge in [0.2, 0.25) is 5.75 Å². The van der Waals surface area contributed by atoms with Crippen molar-refractivity contribution in [2.45, 2.75) is 11.1 Å². The summed E-state index contributed by atoms with van der Waals surface area (Å²) in [6, 6.07) is 6.71. The molecule has 0 saturated heterocycles. The van der Waals surface area contributed by atoms with Crippen LogP contribution in [0.1, 0.15) is 5.56 Å². The van der Waals surface area contributed by atoms with Crippen molar-refractivity contribution in [3.63, 3.8) is 0 Å². The van der Waals surface area contributed by atoms with Crippen LogP contribution >= 0.6 is 22.9 Å². The Bertz CT molecular complexity index is 769. The number of nitro benzene ring substituents is 1. The van der Waals surface area contributed by atoms with Crippen molar-refractivity contribution in [1.29, 1.82) is 0 Å². The Labute approximate surface area is 123 Å². The largest absolute Gasteiger partial charge is 0.371 e. The first-order valence-corrected chi connectivity index (χ1v) is 7.85. The van der Waals surface area contributed by atoms with Crippen molar-refractivity contribution in [2.24, 2.45) is 0 Å². The molecule has 0 radical (unpaired) electrons. The molecule has 0 fully saturated rings. The second kappa shape index (κ2) is 5.39. The monoisotopic (exact) mass is 333 g/mol. The van der Waals surface area contributed by atoms with Crippen molar-refractivity contribution in [2.75, 3.05) is 0 Å². The Morgan fingerprint density at radius 3 is 2.55 bits per heavy atom. The van der Waals surface area contributed by atoms with Crippen LogP contribution in [-0.2, 0) is 10.1 Å². The topological polar surface area (TPSA) is 86.5 Å². The third kappa shape index (κ3) is 3.09. The van der Waals surface area contributed by atoms with Crippen LogP contribution in [0.4, 0.5) is 5.69 Å². The first-order valence-electron chi connectivity index (χ1n) is 5.24. The summed E-state index contributed by atoms with van der Waals surface area (Å²) in [6.45, 7) is 1.66. The van der Waals surface area contributed by atoms with Crippen LogP contribution in [0.15, 0.2) is 34.5 Å². The first-order chi connectivity index (χ1) is 9.29. The van der Waals surface area contributed by atoms with Crippen LogP contribution < -0.4 is 4.18 Å². The van der Waals surface area contributed by atoms with Gasteiger partial charge in [0.25, 0.3) is 0 Å². The molecule has 106 valence electrons. The average molecular weight is 334 g/mol. The molecule has 0 aliphatic carbocycles. The smallest absolute Gasteiger partial charge is 0.349 e. The lowest BCUT2D eigenvalue weighted by atomic mass is 10.2. The predicted molar refractivity (Wildman–Crippen MR) is 75.0 cm³/mol. The third-order valence-electron chi connectivity index (χ3n) is 2.31. The summed E-state index contributed by atoms with van der Waals surface area (Å²) in [7, 11) is -4.13. The van der Waals surface area contributed by atoms with E-state index in [2.05, 4.69) is 0 Å². The molecule has 2 rings (SSSR count). The lowest BCUT2D eigenvalue weighted by Gasteiger charge is -2.06. The summed E-state index contributed by atoms with van der Waals surface area (Å²) >= 11 is 6.48. The third-order valence-corrected chi connectivity index (χ3v) is 5.22. The van der Waals surface area contributed by atoms with E-state index in [0.717, 1.165) is 11.3 Å². The molecule has 0 aliphatic rings. The van der Waals surface area contributed by atoms with Gasteiger partial charge in [-0.2, -0.15) is 8.42 Å². The second-order valence-corrected chi connectivity index (χ2v) is 7.31. The van der Waals surface area contributed by atoms with Gasteiger partial charge in [-0.25, -0.2) is 0 Å². The molecule has 0 unspecified atom stereocenters. The average Bonchev–Trinajstić information content (AvgIpc) is 2.78. The summed E-state index contributed by atoms with van der Waals surface area (Å²) < 4.78 is 29.0. The van der Waals surface area contributed by atoms with E-state index in [1.54, 1.807) is 6.92 Å². The molecule has 0 bridgehead atoms. The van der Waals surface area contributed by atoms with Crippen molar-refractivity contribution in [1.82, 2.24) is 0 Å². The number of hydrogen-bond acceptors (Lipinski definition) is 6. The van der Waals surface area contributed by atoms with Gasteiger partial charge in [-0.1, -0.05) is 17.7 Å². The number of benzene rings is 1. The molecule has 1 aromatic heterocycles. The van der Waals surface area contributed by atoms with Gasteiger partial charge in [0, 0.05) is 6.07 Å². The van der Waals surface area contributed by atoms with Gasteiger partial charge in [-0.3, -0.25) is 10.1 Å². The van der Waals surface area contributed by atoms with Crippen molar-refractivity contribution in [3.05, 3.63) is 50.3 Å². The van der Waals surface area contributed by atoms with E-state index in [0.29, 0.717) is 5.56 Å². The van der Waals surface area contributed by atoms with Gasteiger partial charge in [0.1, 0.15) is 0 Å². The predicted octanol–water partition coefficient (Wildman–Crippen LogP) is 3.39. The highest BCUT2D eigenvalue weighted by atomic mass is 35.5. The van der Waals surface area contributed by atoms with Gasteiger partial charge >= 0.3 is 15.8 Å². The number of halogens is 1. The minimum atomic E-state index is -4.13. The molecule has 0 aliphatic heterocycles. The van der Waals surface area contributed by atoms with E-state index < -0.39 is 20.7 Å². The molecule has 0 atom stereocenters. The van der Waals surface area contributed by atoms with Gasteiger partial charge < -0.3 is 4.18 Å². The van der Waals surface area contributed by atoms with Crippen LogP contribution in [-0.4, -0.2) is 13.3 Å². The van der Waals surface area contributed by atoms with Crippen LogP contribution in [0.3, 0.4) is 0 Å². The number of hydrogen-bond donors (Lipinski definition) is 0. The molecule has 20 heavy (non-hydrogen) atoms. The molecule has 2 aromatic rings. The highest BCUT2D eigenvalue weighted by Crippen LogP contribution is 2.33. The van der Waals surface area contributed by atoms with E-state index in [4.69, 9.17) is 15.8 Å². The summed E-state index contributed by atoms with van der Waals surface area (Å²) in [5.74, 6) is -0.329. The fourth-order valence-corrected chi connectivity index (χ4v) is 3.82. The van der Waals surface area contributed by atoms with E-state index in [9.17, 15) is 18.5 Å². The van der Waals surface area contributed by atoms with E-state index in [-0.39, 0.29) is 14.3 Å². The quantitative estimate of drug-likeness (QED) is 0.486. The Hall–Kier alpha value is -1.64. The summed E-state index contributed by atoms with van der Waals surface area (Å²) in [6.07, 6.45) is 0. The number of rotatable bonds is 4. The zero-order valence-electron chi connectivity index (χ0n) is 10.1. The molecular formula is C11H8ClNO5S2. The molecule has 6 nitrogen and oxygen atoms in total. The highest BCUT2D eigenvalue weighted by Gasteiger charge is 2.24. The molecular weight excluding hydrogens is 326 g/mol. The SMILES string of the molecule is Cc1ccc(OS(=O)(=O)c2ccc(Cl)s2)c([N+](=O)[O-])c1. The maximum atomic E-state index is 12.0. The fraction of sp³-hybridized carbons (Fsp3) is 0.0909. The van der Waals surface area contributed by atoms with Gasteiger partial charge in [-0.05, 0) is 30.7 Å².